The van der Waals surface area contributed by atoms with Gasteiger partial charge in [-0.25, -0.2) is 0 Å². The van der Waals surface area contributed by atoms with Crippen molar-refractivity contribution >= 4 is 40.7 Å². The maximum absolute atomic E-state index is 13.0. The molecule has 27 heavy (non-hydrogen) atoms. The van der Waals surface area contributed by atoms with Crippen molar-refractivity contribution in [2.75, 3.05) is 6.54 Å². The van der Waals surface area contributed by atoms with E-state index in [0.717, 1.165) is 12.0 Å². The second-order valence-corrected chi connectivity index (χ2v) is 7.85. The van der Waals surface area contributed by atoms with Crippen LogP contribution in [-0.4, -0.2) is 35.2 Å². The van der Waals surface area contributed by atoms with Crippen LogP contribution in [0.2, 0.25) is 5.02 Å². The standard InChI is InChI=1S/C19H20ClN3O3S/c20-14-3-1-12(2-4-14)18(25)22-15(5-6-17(21)24)19(26)23-9-7-16-13(11-23)8-10-27-16/h1-4,8,10,15H,5-7,9,11H2,(H2,21,24)(H,22,25)/t15-/m1/s1. The van der Waals surface area contributed by atoms with Crippen molar-refractivity contribution in [1.82, 2.24) is 10.2 Å². The molecule has 0 bridgehead atoms. The molecule has 1 aliphatic heterocycles. The van der Waals surface area contributed by atoms with E-state index in [-0.39, 0.29) is 24.7 Å². The largest absolute Gasteiger partial charge is 0.370 e. The molecule has 142 valence electrons. The summed E-state index contributed by atoms with van der Waals surface area (Å²) in [6, 6.07) is 7.61. The first-order chi connectivity index (χ1) is 12.9. The van der Waals surface area contributed by atoms with Gasteiger partial charge in [-0.3, -0.25) is 14.4 Å². The summed E-state index contributed by atoms with van der Waals surface area (Å²) in [4.78, 5) is 39.7. The number of hydrogen-bond donors (Lipinski definition) is 2. The molecule has 0 spiro atoms. The van der Waals surface area contributed by atoms with Crippen LogP contribution in [0.4, 0.5) is 0 Å². The van der Waals surface area contributed by atoms with Crippen LogP contribution in [0.15, 0.2) is 35.7 Å². The molecule has 0 aliphatic carbocycles. The summed E-state index contributed by atoms with van der Waals surface area (Å²) in [6.45, 7) is 1.11. The molecule has 3 amide bonds. The van der Waals surface area contributed by atoms with Crippen molar-refractivity contribution in [2.45, 2.75) is 31.8 Å². The summed E-state index contributed by atoms with van der Waals surface area (Å²) in [5.74, 6) is -1.09. The Morgan fingerprint density at radius 3 is 2.67 bits per heavy atom. The van der Waals surface area contributed by atoms with E-state index in [1.165, 1.54) is 4.88 Å². The fourth-order valence-electron chi connectivity index (χ4n) is 3.04. The monoisotopic (exact) mass is 405 g/mol. The normalized spacial score (nSPS) is 14.3. The van der Waals surface area contributed by atoms with Crippen LogP contribution < -0.4 is 11.1 Å². The van der Waals surface area contributed by atoms with Crippen molar-refractivity contribution in [3.8, 4) is 0 Å². The molecule has 3 rings (SSSR count). The number of thiophene rings is 1. The summed E-state index contributed by atoms with van der Waals surface area (Å²) < 4.78 is 0. The van der Waals surface area contributed by atoms with Crippen LogP contribution in [0.5, 0.6) is 0 Å². The van der Waals surface area contributed by atoms with Gasteiger partial charge in [-0.1, -0.05) is 11.6 Å². The summed E-state index contributed by atoms with van der Waals surface area (Å²) in [6.07, 6.45) is 0.988. The minimum Gasteiger partial charge on any atom is -0.370 e. The minimum atomic E-state index is -0.805. The van der Waals surface area contributed by atoms with Crippen molar-refractivity contribution in [3.05, 3.63) is 56.7 Å². The Morgan fingerprint density at radius 1 is 1.22 bits per heavy atom. The maximum atomic E-state index is 13.0. The lowest BCUT2D eigenvalue weighted by Crippen LogP contribution is -2.50. The molecule has 0 saturated heterocycles. The zero-order valence-corrected chi connectivity index (χ0v) is 16.2. The Labute approximate surface area is 166 Å². The molecule has 1 aromatic carbocycles. The van der Waals surface area contributed by atoms with Crippen LogP contribution in [-0.2, 0) is 22.6 Å². The molecule has 2 heterocycles. The lowest BCUT2D eigenvalue weighted by atomic mass is 10.0. The van der Waals surface area contributed by atoms with Crippen LogP contribution >= 0.6 is 22.9 Å². The molecule has 0 radical (unpaired) electrons. The van der Waals surface area contributed by atoms with Gasteiger partial charge in [-0.2, -0.15) is 0 Å². The number of nitrogens with two attached hydrogens (primary N) is 1. The van der Waals surface area contributed by atoms with E-state index in [9.17, 15) is 14.4 Å². The predicted molar refractivity (Wildman–Crippen MR) is 105 cm³/mol. The number of hydrogen-bond acceptors (Lipinski definition) is 4. The van der Waals surface area contributed by atoms with Gasteiger partial charge in [0.05, 0.1) is 0 Å². The number of carbonyl (C=O) groups excluding carboxylic acids is 3. The first-order valence-corrected chi connectivity index (χ1v) is 9.88. The van der Waals surface area contributed by atoms with E-state index < -0.39 is 11.9 Å². The Balaban J connectivity index is 1.72. The van der Waals surface area contributed by atoms with Gasteiger partial charge in [-0.15, -0.1) is 11.3 Å². The van der Waals surface area contributed by atoms with E-state index >= 15 is 0 Å². The van der Waals surface area contributed by atoms with Gasteiger partial charge in [0.25, 0.3) is 5.91 Å². The number of rotatable bonds is 6. The summed E-state index contributed by atoms with van der Waals surface area (Å²) >= 11 is 7.54. The van der Waals surface area contributed by atoms with E-state index in [0.29, 0.717) is 23.7 Å². The van der Waals surface area contributed by atoms with Crippen LogP contribution in [0.25, 0.3) is 0 Å². The van der Waals surface area contributed by atoms with Crippen molar-refractivity contribution in [3.63, 3.8) is 0 Å². The molecule has 3 N–H and O–H groups in total. The molecule has 1 aromatic heterocycles. The smallest absolute Gasteiger partial charge is 0.251 e. The zero-order chi connectivity index (χ0) is 19.4. The van der Waals surface area contributed by atoms with Crippen LogP contribution in [0.1, 0.15) is 33.6 Å². The number of carbonyl (C=O) groups is 3. The zero-order valence-electron chi connectivity index (χ0n) is 14.6. The number of nitrogens with one attached hydrogen (secondary N) is 1. The van der Waals surface area contributed by atoms with Gasteiger partial charge >= 0.3 is 0 Å². The van der Waals surface area contributed by atoms with E-state index in [1.807, 2.05) is 11.4 Å². The second kappa shape index (κ2) is 8.54. The Kier molecular flexibility index (Phi) is 6.13. The maximum Gasteiger partial charge on any atom is 0.251 e. The third-order valence-electron chi connectivity index (χ3n) is 4.51. The molecule has 6 nitrogen and oxygen atoms in total. The minimum absolute atomic E-state index is 0.0227. The first-order valence-electron chi connectivity index (χ1n) is 8.63. The van der Waals surface area contributed by atoms with Gasteiger partial charge in [0, 0.05) is 35.0 Å². The first kappa shape index (κ1) is 19.4. The van der Waals surface area contributed by atoms with E-state index in [4.69, 9.17) is 17.3 Å². The lowest BCUT2D eigenvalue weighted by Gasteiger charge is -2.31. The predicted octanol–water partition coefficient (Wildman–Crippen LogP) is 2.35. The number of nitrogens with zero attached hydrogens (tertiary/aromatic N) is 1. The fraction of sp³-hybridized carbons (Fsp3) is 0.316. The highest BCUT2D eigenvalue weighted by molar-refractivity contribution is 7.10. The highest BCUT2D eigenvalue weighted by atomic mass is 35.5. The molecule has 0 fully saturated rings. The Bertz CT molecular complexity index is 850. The highest BCUT2D eigenvalue weighted by Gasteiger charge is 2.29. The van der Waals surface area contributed by atoms with E-state index in [2.05, 4.69) is 5.32 Å². The summed E-state index contributed by atoms with van der Waals surface area (Å²) in [7, 11) is 0. The quantitative estimate of drug-likeness (QED) is 0.772. The number of amides is 3. The highest BCUT2D eigenvalue weighted by Crippen LogP contribution is 2.24. The van der Waals surface area contributed by atoms with Crippen LogP contribution in [0, 0.1) is 0 Å². The molecule has 8 heteroatoms. The topological polar surface area (TPSA) is 92.5 Å². The van der Waals surface area contributed by atoms with E-state index in [1.54, 1.807) is 40.5 Å². The van der Waals surface area contributed by atoms with Crippen molar-refractivity contribution < 1.29 is 14.4 Å². The van der Waals surface area contributed by atoms with Gasteiger partial charge in [-0.05, 0) is 54.1 Å². The van der Waals surface area contributed by atoms with Gasteiger partial charge in [0.15, 0.2) is 0 Å². The molecule has 0 unspecified atom stereocenters. The number of primary amides is 1. The third kappa shape index (κ3) is 4.87. The van der Waals surface area contributed by atoms with Gasteiger partial charge < -0.3 is 16.0 Å². The molecule has 0 saturated carbocycles. The molecule has 1 aliphatic rings. The molecule has 2 aromatic rings. The summed E-state index contributed by atoms with van der Waals surface area (Å²) in [5.41, 5.74) is 6.77. The van der Waals surface area contributed by atoms with Crippen molar-refractivity contribution in [2.24, 2.45) is 5.73 Å². The fourth-order valence-corrected chi connectivity index (χ4v) is 4.06. The lowest BCUT2D eigenvalue weighted by molar-refractivity contribution is -0.134. The Morgan fingerprint density at radius 2 is 1.96 bits per heavy atom. The average molecular weight is 406 g/mol. The molecule has 1 atom stereocenters. The van der Waals surface area contributed by atoms with Crippen molar-refractivity contribution in [1.29, 1.82) is 0 Å². The second-order valence-electron chi connectivity index (χ2n) is 6.42. The third-order valence-corrected chi connectivity index (χ3v) is 5.78. The van der Waals surface area contributed by atoms with Gasteiger partial charge in [0.1, 0.15) is 6.04 Å². The van der Waals surface area contributed by atoms with Crippen LogP contribution in [0.3, 0.4) is 0 Å². The average Bonchev–Trinajstić information content (AvgIpc) is 3.12. The SMILES string of the molecule is NC(=O)CC[C@@H](NC(=O)c1ccc(Cl)cc1)C(=O)N1CCc2sccc2C1. The van der Waals surface area contributed by atoms with Gasteiger partial charge in [0.2, 0.25) is 11.8 Å². The summed E-state index contributed by atoms with van der Waals surface area (Å²) in [5, 5.41) is 5.29. The number of halogens is 1. The molecular weight excluding hydrogens is 386 g/mol. The Hall–Kier alpha value is -2.38. The number of fused-ring (bicyclic) bond motifs is 1. The molecular formula is C19H20ClN3O3S. The number of benzene rings is 1.